The van der Waals surface area contributed by atoms with Gasteiger partial charge in [0.25, 0.3) is 0 Å². The molecule has 72 valence electrons. The van der Waals surface area contributed by atoms with Crippen LogP contribution in [0.5, 0.6) is 0 Å². The maximum Gasteiger partial charge on any atom is 0.218 e. The molecular weight excluding hydrogens is 226 g/mol. The zero-order valence-electron chi connectivity index (χ0n) is 7.02. The van der Waals surface area contributed by atoms with E-state index in [4.69, 9.17) is 5.73 Å². The first-order valence-corrected chi connectivity index (χ1v) is 6.53. The third kappa shape index (κ3) is 3.97. The fraction of sp³-hybridized carbons (Fsp3) is 0.500. The third-order valence-corrected chi connectivity index (χ3v) is 4.17. The molecular formula is C6H9N3OS3. The van der Waals surface area contributed by atoms with Crippen LogP contribution < -0.4 is 5.73 Å². The summed E-state index contributed by atoms with van der Waals surface area (Å²) in [5.41, 5.74) is 5.00. The fourth-order valence-electron chi connectivity index (χ4n) is 0.577. The van der Waals surface area contributed by atoms with E-state index in [0.717, 1.165) is 8.68 Å². The van der Waals surface area contributed by atoms with Gasteiger partial charge in [0.2, 0.25) is 5.91 Å². The van der Waals surface area contributed by atoms with Gasteiger partial charge in [-0.25, -0.2) is 0 Å². The lowest BCUT2D eigenvalue weighted by Crippen LogP contribution is -2.10. The molecule has 0 radical (unpaired) electrons. The first-order valence-electron chi connectivity index (χ1n) is 3.51. The number of hydrogen-bond acceptors (Lipinski definition) is 6. The molecule has 0 aliphatic carbocycles. The van der Waals surface area contributed by atoms with Crippen molar-refractivity contribution >= 4 is 40.8 Å². The SMILES string of the molecule is CSc1nnc(SCCC(N)=O)s1. The summed E-state index contributed by atoms with van der Waals surface area (Å²) in [6.45, 7) is 0. The molecule has 1 aromatic rings. The molecule has 0 aliphatic heterocycles. The summed E-state index contributed by atoms with van der Waals surface area (Å²) < 4.78 is 1.84. The average Bonchev–Trinajstić information content (AvgIpc) is 2.52. The highest BCUT2D eigenvalue weighted by molar-refractivity contribution is 8.02. The molecule has 1 rings (SSSR count). The van der Waals surface area contributed by atoms with Crippen molar-refractivity contribution in [2.75, 3.05) is 12.0 Å². The van der Waals surface area contributed by atoms with Crippen LogP contribution in [0.25, 0.3) is 0 Å². The van der Waals surface area contributed by atoms with E-state index in [1.165, 1.54) is 23.1 Å². The summed E-state index contributed by atoms with van der Waals surface area (Å²) in [6, 6.07) is 0. The van der Waals surface area contributed by atoms with E-state index in [2.05, 4.69) is 10.2 Å². The first kappa shape index (κ1) is 10.8. The first-order chi connectivity index (χ1) is 6.22. The highest BCUT2D eigenvalue weighted by Crippen LogP contribution is 2.27. The lowest BCUT2D eigenvalue weighted by molar-refractivity contribution is -0.117. The number of carbonyl (C=O) groups excluding carboxylic acids is 1. The molecule has 2 N–H and O–H groups in total. The van der Waals surface area contributed by atoms with Crippen molar-refractivity contribution in [3.63, 3.8) is 0 Å². The maximum absolute atomic E-state index is 10.4. The van der Waals surface area contributed by atoms with Crippen LogP contribution in [0.2, 0.25) is 0 Å². The van der Waals surface area contributed by atoms with Gasteiger partial charge < -0.3 is 5.73 Å². The van der Waals surface area contributed by atoms with Crippen LogP contribution in [0.15, 0.2) is 8.68 Å². The quantitative estimate of drug-likeness (QED) is 0.777. The normalized spacial score (nSPS) is 10.2. The van der Waals surface area contributed by atoms with Crippen LogP contribution in [0.3, 0.4) is 0 Å². The van der Waals surface area contributed by atoms with Crippen molar-refractivity contribution in [2.24, 2.45) is 5.73 Å². The second-order valence-electron chi connectivity index (χ2n) is 2.10. The molecule has 13 heavy (non-hydrogen) atoms. The zero-order chi connectivity index (χ0) is 9.68. The predicted octanol–water partition coefficient (Wildman–Crippen LogP) is 1.23. The van der Waals surface area contributed by atoms with E-state index < -0.39 is 0 Å². The summed E-state index contributed by atoms with van der Waals surface area (Å²) in [7, 11) is 0. The Morgan fingerprint density at radius 2 is 2.23 bits per heavy atom. The molecule has 0 atom stereocenters. The lowest BCUT2D eigenvalue weighted by atomic mass is 10.5. The minimum atomic E-state index is -0.276. The van der Waals surface area contributed by atoms with Crippen molar-refractivity contribution in [1.29, 1.82) is 0 Å². The molecule has 0 bridgehead atoms. The summed E-state index contributed by atoms with van der Waals surface area (Å²) in [5, 5.41) is 7.87. The van der Waals surface area contributed by atoms with Crippen molar-refractivity contribution in [3.05, 3.63) is 0 Å². The summed E-state index contributed by atoms with van der Waals surface area (Å²) in [4.78, 5) is 10.4. The smallest absolute Gasteiger partial charge is 0.218 e. The maximum atomic E-state index is 10.4. The van der Waals surface area contributed by atoms with Crippen molar-refractivity contribution in [2.45, 2.75) is 15.1 Å². The Balaban J connectivity index is 2.32. The standard InChI is InChI=1S/C6H9N3OS3/c1-11-5-8-9-6(13-5)12-3-2-4(7)10/h2-3H2,1H3,(H2,7,10). The topological polar surface area (TPSA) is 68.9 Å². The van der Waals surface area contributed by atoms with Crippen LogP contribution >= 0.6 is 34.9 Å². The third-order valence-electron chi connectivity index (χ3n) is 1.14. The minimum absolute atomic E-state index is 0.276. The Morgan fingerprint density at radius 3 is 2.77 bits per heavy atom. The molecule has 0 aliphatic rings. The molecule has 0 saturated heterocycles. The molecule has 4 nitrogen and oxygen atoms in total. The predicted molar refractivity (Wildman–Crippen MR) is 56.2 cm³/mol. The van der Waals surface area contributed by atoms with Gasteiger partial charge in [-0.2, -0.15) is 0 Å². The number of nitrogens with two attached hydrogens (primary N) is 1. The van der Waals surface area contributed by atoms with Gasteiger partial charge in [-0.05, 0) is 6.26 Å². The van der Waals surface area contributed by atoms with E-state index in [9.17, 15) is 4.79 Å². The van der Waals surface area contributed by atoms with Crippen LogP contribution in [0, 0.1) is 0 Å². The zero-order valence-corrected chi connectivity index (χ0v) is 9.47. The molecule has 0 unspecified atom stereocenters. The van der Waals surface area contributed by atoms with E-state index >= 15 is 0 Å². The molecule has 0 saturated carbocycles. The molecule has 0 aromatic carbocycles. The Morgan fingerprint density at radius 1 is 1.54 bits per heavy atom. The van der Waals surface area contributed by atoms with Crippen molar-refractivity contribution in [3.8, 4) is 0 Å². The monoisotopic (exact) mass is 235 g/mol. The number of nitrogens with zero attached hydrogens (tertiary/aromatic N) is 2. The Kier molecular flexibility index (Phi) is 4.54. The molecule has 1 amide bonds. The molecule has 7 heteroatoms. The summed E-state index contributed by atoms with van der Waals surface area (Å²) >= 11 is 4.62. The molecule has 1 aromatic heterocycles. The number of aromatic nitrogens is 2. The second-order valence-corrected chi connectivity index (χ2v) is 5.48. The fourth-order valence-corrected chi connectivity index (χ4v) is 3.04. The Hall–Kier alpha value is -0.270. The van der Waals surface area contributed by atoms with Crippen molar-refractivity contribution < 1.29 is 4.79 Å². The average molecular weight is 235 g/mol. The van der Waals surface area contributed by atoms with Gasteiger partial charge in [0.05, 0.1) is 0 Å². The number of carbonyl (C=O) groups is 1. The van der Waals surface area contributed by atoms with Gasteiger partial charge in [0, 0.05) is 12.2 Å². The van der Waals surface area contributed by atoms with E-state index in [1.54, 1.807) is 11.8 Å². The summed E-state index contributed by atoms with van der Waals surface area (Å²) in [5.74, 6) is 0.403. The number of rotatable bonds is 5. The van der Waals surface area contributed by atoms with Crippen molar-refractivity contribution in [1.82, 2.24) is 10.2 Å². The number of amides is 1. The Labute approximate surface area is 88.7 Å². The van der Waals surface area contributed by atoms with Gasteiger partial charge in [-0.15, -0.1) is 10.2 Å². The van der Waals surface area contributed by atoms with Gasteiger partial charge in [0.15, 0.2) is 8.68 Å². The number of thioether (sulfide) groups is 2. The largest absolute Gasteiger partial charge is 0.370 e. The van der Waals surface area contributed by atoms with Crippen LogP contribution in [0.1, 0.15) is 6.42 Å². The highest BCUT2D eigenvalue weighted by atomic mass is 32.2. The van der Waals surface area contributed by atoms with Gasteiger partial charge >= 0.3 is 0 Å². The molecule has 1 heterocycles. The van der Waals surface area contributed by atoms with Gasteiger partial charge in [0.1, 0.15) is 0 Å². The molecule has 0 fully saturated rings. The Bertz CT molecular complexity index is 288. The molecule has 0 spiro atoms. The number of hydrogen-bond donors (Lipinski definition) is 1. The van der Waals surface area contributed by atoms with E-state index in [-0.39, 0.29) is 5.91 Å². The van der Waals surface area contributed by atoms with Crippen LogP contribution in [-0.2, 0) is 4.79 Å². The number of primary amides is 1. The minimum Gasteiger partial charge on any atom is -0.370 e. The van der Waals surface area contributed by atoms with Crippen LogP contribution in [-0.4, -0.2) is 28.1 Å². The van der Waals surface area contributed by atoms with E-state index in [1.807, 2.05) is 6.26 Å². The second kappa shape index (κ2) is 5.46. The summed E-state index contributed by atoms with van der Waals surface area (Å²) in [6.07, 6.45) is 2.34. The van der Waals surface area contributed by atoms with Gasteiger partial charge in [-0.1, -0.05) is 34.9 Å². The highest BCUT2D eigenvalue weighted by Gasteiger charge is 2.03. The van der Waals surface area contributed by atoms with E-state index in [0.29, 0.717) is 12.2 Å². The van der Waals surface area contributed by atoms with Crippen LogP contribution in [0.4, 0.5) is 0 Å². The van der Waals surface area contributed by atoms with Gasteiger partial charge in [-0.3, -0.25) is 4.79 Å². The lowest BCUT2D eigenvalue weighted by Gasteiger charge is -1.91.